The Morgan fingerprint density at radius 1 is 1.20 bits per heavy atom. The molecule has 0 saturated heterocycles. The van der Waals surface area contributed by atoms with Crippen molar-refractivity contribution in [3.05, 3.63) is 36.1 Å². The molecular weight excluding hydrogens is 266 g/mol. The Hall–Kier alpha value is -0.930. The van der Waals surface area contributed by atoms with Gasteiger partial charge in [-0.3, -0.25) is 0 Å². The zero-order chi connectivity index (χ0) is 14.2. The van der Waals surface area contributed by atoms with Gasteiger partial charge in [0.1, 0.15) is 11.3 Å². The summed E-state index contributed by atoms with van der Waals surface area (Å²) in [5.74, 6) is 3.39. The minimum atomic E-state index is 0.319. The number of benzene rings is 1. The standard InChI is InChI=1S/C17H25NOS/c1-3-5-8-11-20-13-15(18-4-2)17-12-14-9-6-7-10-16(14)19-17/h6-7,9-10,12,15,18H,3-5,8,11,13H2,1-2H3. The van der Waals surface area contributed by atoms with Gasteiger partial charge < -0.3 is 9.73 Å². The molecule has 1 aromatic carbocycles. The first kappa shape index (κ1) is 15.5. The molecule has 0 amide bonds. The number of para-hydroxylation sites is 1. The monoisotopic (exact) mass is 291 g/mol. The molecule has 0 aliphatic rings. The van der Waals surface area contributed by atoms with E-state index in [2.05, 4.69) is 37.4 Å². The number of nitrogens with one attached hydrogen (secondary N) is 1. The van der Waals surface area contributed by atoms with Gasteiger partial charge in [-0.2, -0.15) is 11.8 Å². The topological polar surface area (TPSA) is 25.2 Å². The Morgan fingerprint density at radius 3 is 2.80 bits per heavy atom. The van der Waals surface area contributed by atoms with Crippen LogP contribution in [0.5, 0.6) is 0 Å². The quantitative estimate of drug-likeness (QED) is 0.658. The zero-order valence-electron chi connectivity index (χ0n) is 12.5. The van der Waals surface area contributed by atoms with Crippen LogP contribution < -0.4 is 5.32 Å². The van der Waals surface area contributed by atoms with Gasteiger partial charge in [-0.15, -0.1) is 0 Å². The summed E-state index contributed by atoms with van der Waals surface area (Å²) in [7, 11) is 0. The van der Waals surface area contributed by atoms with Crippen LogP contribution in [0.4, 0.5) is 0 Å². The number of thioether (sulfide) groups is 1. The number of unbranched alkanes of at least 4 members (excludes halogenated alkanes) is 2. The van der Waals surface area contributed by atoms with Gasteiger partial charge in [-0.05, 0) is 30.9 Å². The van der Waals surface area contributed by atoms with Crippen LogP contribution in [0, 0.1) is 0 Å². The van der Waals surface area contributed by atoms with E-state index in [-0.39, 0.29) is 0 Å². The molecule has 0 saturated carbocycles. The molecule has 1 aromatic heterocycles. The highest BCUT2D eigenvalue weighted by Gasteiger charge is 2.15. The second-order valence-corrected chi connectivity index (χ2v) is 6.23. The van der Waals surface area contributed by atoms with E-state index in [0.29, 0.717) is 6.04 Å². The van der Waals surface area contributed by atoms with E-state index in [1.807, 2.05) is 23.9 Å². The van der Waals surface area contributed by atoms with Gasteiger partial charge in [-0.25, -0.2) is 0 Å². The molecule has 1 heterocycles. The van der Waals surface area contributed by atoms with Gasteiger partial charge in [0.2, 0.25) is 0 Å². The fourth-order valence-electron chi connectivity index (χ4n) is 2.32. The van der Waals surface area contributed by atoms with Crippen molar-refractivity contribution in [3.63, 3.8) is 0 Å². The van der Waals surface area contributed by atoms with E-state index in [1.54, 1.807) is 0 Å². The van der Waals surface area contributed by atoms with Crippen molar-refractivity contribution < 1.29 is 4.42 Å². The highest BCUT2D eigenvalue weighted by molar-refractivity contribution is 7.99. The average molecular weight is 291 g/mol. The highest BCUT2D eigenvalue weighted by atomic mass is 32.2. The lowest BCUT2D eigenvalue weighted by molar-refractivity contribution is 0.464. The minimum Gasteiger partial charge on any atom is -0.459 e. The van der Waals surface area contributed by atoms with Crippen molar-refractivity contribution in [2.75, 3.05) is 18.1 Å². The third-order valence-electron chi connectivity index (χ3n) is 3.42. The van der Waals surface area contributed by atoms with Crippen molar-refractivity contribution in [2.45, 2.75) is 39.2 Å². The molecule has 2 rings (SSSR count). The fourth-order valence-corrected chi connectivity index (χ4v) is 3.41. The van der Waals surface area contributed by atoms with Crippen LogP contribution in [0.1, 0.15) is 44.9 Å². The van der Waals surface area contributed by atoms with Crippen LogP contribution in [-0.2, 0) is 0 Å². The zero-order valence-corrected chi connectivity index (χ0v) is 13.3. The van der Waals surface area contributed by atoms with Gasteiger partial charge in [0.05, 0.1) is 6.04 Å². The van der Waals surface area contributed by atoms with Crippen LogP contribution in [0.2, 0.25) is 0 Å². The molecule has 0 aliphatic heterocycles. The molecule has 2 aromatic rings. The Morgan fingerprint density at radius 2 is 2.05 bits per heavy atom. The smallest absolute Gasteiger partial charge is 0.134 e. The Kier molecular flexibility index (Phi) is 6.48. The van der Waals surface area contributed by atoms with Crippen LogP contribution in [-0.4, -0.2) is 18.1 Å². The van der Waals surface area contributed by atoms with E-state index in [0.717, 1.165) is 23.6 Å². The number of hydrogen-bond donors (Lipinski definition) is 1. The molecule has 3 heteroatoms. The normalized spacial score (nSPS) is 12.9. The maximum absolute atomic E-state index is 5.99. The first-order valence-corrected chi connectivity index (χ1v) is 8.80. The number of furan rings is 1. The largest absolute Gasteiger partial charge is 0.459 e. The molecular formula is C17H25NOS. The van der Waals surface area contributed by atoms with Crippen molar-refractivity contribution in [3.8, 4) is 0 Å². The first-order chi connectivity index (χ1) is 9.85. The lowest BCUT2D eigenvalue weighted by atomic mass is 10.2. The van der Waals surface area contributed by atoms with Crippen molar-refractivity contribution in [1.82, 2.24) is 5.32 Å². The molecule has 20 heavy (non-hydrogen) atoms. The lowest BCUT2D eigenvalue weighted by Gasteiger charge is -2.14. The van der Waals surface area contributed by atoms with E-state index >= 15 is 0 Å². The van der Waals surface area contributed by atoms with Crippen molar-refractivity contribution in [1.29, 1.82) is 0 Å². The van der Waals surface area contributed by atoms with Gasteiger partial charge in [0.25, 0.3) is 0 Å². The second kappa shape index (κ2) is 8.38. The highest BCUT2D eigenvalue weighted by Crippen LogP contribution is 2.26. The summed E-state index contributed by atoms with van der Waals surface area (Å²) >= 11 is 2.02. The lowest BCUT2D eigenvalue weighted by Crippen LogP contribution is -2.22. The van der Waals surface area contributed by atoms with Crippen LogP contribution in [0.25, 0.3) is 11.0 Å². The number of fused-ring (bicyclic) bond motifs is 1. The van der Waals surface area contributed by atoms with E-state index in [9.17, 15) is 0 Å². The third-order valence-corrected chi connectivity index (χ3v) is 4.56. The third kappa shape index (κ3) is 4.29. The predicted octanol–water partition coefficient (Wildman–Crippen LogP) is 5.01. The average Bonchev–Trinajstić information content (AvgIpc) is 2.89. The number of hydrogen-bond acceptors (Lipinski definition) is 3. The summed E-state index contributed by atoms with van der Waals surface area (Å²) in [6, 6.07) is 10.7. The summed E-state index contributed by atoms with van der Waals surface area (Å²) in [5, 5.41) is 4.73. The molecule has 1 N–H and O–H groups in total. The molecule has 0 radical (unpaired) electrons. The predicted molar refractivity (Wildman–Crippen MR) is 89.5 cm³/mol. The number of rotatable bonds is 9. The van der Waals surface area contributed by atoms with E-state index in [4.69, 9.17) is 4.42 Å². The Labute approximate surface area is 126 Å². The molecule has 1 unspecified atom stereocenters. The van der Waals surface area contributed by atoms with Gasteiger partial charge in [-0.1, -0.05) is 44.9 Å². The molecule has 0 aliphatic carbocycles. The molecule has 0 bridgehead atoms. The summed E-state index contributed by atoms with van der Waals surface area (Å²) in [6.45, 7) is 5.37. The first-order valence-electron chi connectivity index (χ1n) is 7.64. The van der Waals surface area contributed by atoms with Crippen LogP contribution >= 0.6 is 11.8 Å². The maximum Gasteiger partial charge on any atom is 0.134 e. The maximum atomic E-state index is 5.99. The van der Waals surface area contributed by atoms with Crippen LogP contribution in [0.3, 0.4) is 0 Å². The summed E-state index contributed by atoms with van der Waals surface area (Å²) in [4.78, 5) is 0. The molecule has 0 spiro atoms. The second-order valence-electron chi connectivity index (χ2n) is 5.08. The van der Waals surface area contributed by atoms with Crippen molar-refractivity contribution in [2.24, 2.45) is 0 Å². The van der Waals surface area contributed by atoms with Crippen molar-refractivity contribution >= 4 is 22.7 Å². The molecule has 1 atom stereocenters. The summed E-state index contributed by atoms with van der Waals surface area (Å²) in [5.41, 5.74) is 0.987. The summed E-state index contributed by atoms with van der Waals surface area (Å²) in [6.07, 6.45) is 3.95. The fraction of sp³-hybridized carbons (Fsp3) is 0.529. The Balaban J connectivity index is 1.96. The Bertz CT molecular complexity index is 475. The summed E-state index contributed by atoms with van der Waals surface area (Å²) < 4.78 is 5.99. The van der Waals surface area contributed by atoms with E-state index < -0.39 is 0 Å². The van der Waals surface area contributed by atoms with Gasteiger partial charge in [0, 0.05) is 11.1 Å². The minimum absolute atomic E-state index is 0.319. The molecule has 110 valence electrons. The van der Waals surface area contributed by atoms with Gasteiger partial charge in [0.15, 0.2) is 0 Å². The van der Waals surface area contributed by atoms with Gasteiger partial charge >= 0.3 is 0 Å². The van der Waals surface area contributed by atoms with Crippen LogP contribution in [0.15, 0.2) is 34.7 Å². The van der Waals surface area contributed by atoms with E-state index in [1.165, 1.54) is 30.4 Å². The molecule has 0 fully saturated rings. The SMILES string of the molecule is CCCCCSCC(NCC)c1cc2ccccc2o1. The molecule has 2 nitrogen and oxygen atoms in total.